The number of benzene rings is 3. The van der Waals surface area contributed by atoms with Crippen molar-refractivity contribution in [3.8, 4) is 11.4 Å². The van der Waals surface area contributed by atoms with Crippen molar-refractivity contribution in [1.82, 2.24) is 15.5 Å². The molecule has 0 spiro atoms. The number of allylic oxidation sites excluding steroid dienone is 1. The number of thiocarbonyl (C=S) groups is 1. The summed E-state index contributed by atoms with van der Waals surface area (Å²) >= 11 is 12.0. The highest BCUT2D eigenvalue weighted by molar-refractivity contribution is 7.80. The van der Waals surface area contributed by atoms with E-state index in [1.807, 2.05) is 67.3 Å². The van der Waals surface area contributed by atoms with Crippen LogP contribution in [0, 0.1) is 12.7 Å². The molecule has 0 aliphatic carbocycles. The molecule has 3 aromatic carbocycles. The molecule has 5 nitrogen and oxygen atoms in total. The maximum atomic E-state index is 13.6. The highest BCUT2D eigenvalue weighted by atomic mass is 35.5. The third kappa shape index (κ3) is 4.20. The Labute approximate surface area is 206 Å². The molecule has 1 aliphatic rings. The second-order valence-corrected chi connectivity index (χ2v) is 8.86. The zero-order chi connectivity index (χ0) is 23.8. The molecule has 0 bridgehead atoms. The van der Waals surface area contributed by atoms with Crippen molar-refractivity contribution in [2.24, 2.45) is 0 Å². The number of hydrogen-bond acceptors (Lipinski definition) is 4. The Kier molecular flexibility index (Phi) is 5.89. The monoisotopic (exact) mass is 490 g/mol. The number of rotatable bonds is 4. The Morgan fingerprint density at radius 1 is 1.03 bits per heavy atom. The van der Waals surface area contributed by atoms with E-state index in [4.69, 9.17) is 33.3 Å². The minimum atomic E-state index is -0.367. The highest BCUT2D eigenvalue weighted by Crippen LogP contribution is 2.39. The van der Waals surface area contributed by atoms with E-state index in [2.05, 4.69) is 10.5 Å². The fraction of sp³-hybridized carbons (Fsp3) is 0.115. The number of hydrogen-bond donors (Lipinski definition) is 1. The maximum absolute atomic E-state index is 13.6. The molecule has 2 heterocycles. The van der Waals surface area contributed by atoms with E-state index in [1.54, 1.807) is 12.1 Å². The quantitative estimate of drug-likeness (QED) is 0.321. The fourth-order valence-corrected chi connectivity index (χ4v) is 4.65. The first-order valence-electron chi connectivity index (χ1n) is 10.6. The highest BCUT2D eigenvalue weighted by Gasteiger charge is 2.35. The van der Waals surface area contributed by atoms with Crippen molar-refractivity contribution in [3.05, 3.63) is 106 Å². The van der Waals surface area contributed by atoms with Crippen LogP contribution in [0.1, 0.15) is 30.0 Å². The van der Waals surface area contributed by atoms with Crippen molar-refractivity contribution < 1.29 is 8.91 Å². The number of nitrogens with one attached hydrogen (secondary N) is 1. The molecule has 0 amide bonds. The van der Waals surface area contributed by atoms with Crippen LogP contribution in [0.25, 0.3) is 17.0 Å². The summed E-state index contributed by atoms with van der Waals surface area (Å²) in [6, 6.07) is 21.2. The van der Waals surface area contributed by atoms with Crippen LogP contribution in [0.15, 0.2) is 83.0 Å². The van der Waals surface area contributed by atoms with E-state index in [1.165, 1.54) is 12.1 Å². The molecule has 1 aromatic heterocycles. The molecule has 1 aliphatic heterocycles. The molecule has 1 N–H and O–H groups in total. The van der Waals surface area contributed by atoms with E-state index in [-0.39, 0.29) is 11.9 Å². The van der Waals surface area contributed by atoms with Gasteiger partial charge in [0.15, 0.2) is 5.11 Å². The summed E-state index contributed by atoms with van der Waals surface area (Å²) in [6.07, 6.45) is 0. The lowest BCUT2D eigenvalue weighted by Gasteiger charge is -2.37. The third-order valence-corrected chi connectivity index (χ3v) is 6.22. The zero-order valence-electron chi connectivity index (χ0n) is 18.4. The summed E-state index contributed by atoms with van der Waals surface area (Å²) in [7, 11) is 0. The van der Waals surface area contributed by atoms with Gasteiger partial charge in [-0.15, -0.1) is 0 Å². The van der Waals surface area contributed by atoms with Crippen molar-refractivity contribution in [1.29, 1.82) is 0 Å². The summed E-state index contributed by atoms with van der Waals surface area (Å²) < 4.78 is 19.3. The number of halogens is 2. The van der Waals surface area contributed by atoms with Gasteiger partial charge in [0.25, 0.3) is 5.89 Å². The van der Waals surface area contributed by atoms with Crippen LogP contribution in [-0.4, -0.2) is 15.3 Å². The normalized spacial score (nSPS) is 16.1. The first-order chi connectivity index (χ1) is 16.4. The Morgan fingerprint density at radius 2 is 1.79 bits per heavy atom. The Bertz CT molecular complexity index is 1420. The van der Waals surface area contributed by atoms with Crippen molar-refractivity contribution in [3.63, 3.8) is 0 Å². The van der Waals surface area contributed by atoms with E-state index in [0.717, 1.165) is 33.6 Å². The van der Waals surface area contributed by atoms with Crippen LogP contribution in [0.3, 0.4) is 0 Å². The molecule has 170 valence electrons. The van der Waals surface area contributed by atoms with E-state index < -0.39 is 0 Å². The van der Waals surface area contributed by atoms with Crippen LogP contribution in [0.4, 0.5) is 10.1 Å². The molecule has 0 saturated carbocycles. The van der Waals surface area contributed by atoms with Crippen molar-refractivity contribution in [2.45, 2.75) is 19.9 Å². The SMILES string of the molecule is CC1=C(c2nc(-c3cccc(C)c3)no2)C(c2cccc(Cl)c2)NC(=S)N1c1ccc(F)cc1. The molecule has 8 heteroatoms. The number of nitrogens with zero attached hydrogens (tertiary/aromatic N) is 3. The molecule has 0 saturated heterocycles. The Hall–Kier alpha value is -3.55. The molecule has 0 fully saturated rings. The first kappa shape index (κ1) is 22.3. The molecule has 34 heavy (non-hydrogen) atoms. The Balaban J connectivity index is 1.66. The van der Waals surface area contributed by atoms with Gasteiger partial charge < -0.3 is 9.84 Å². The van der Waals surface area contributed by atoms with Crippen LogP contribution in [-0.2, 0) is 0 Å². The predicted molar refractivity (Wildman–Crippen MR) is 136 cm³/mol. The molecule has 5 rings (SSSR count). The standard InChI is InChI=1S/C26H20ClFN4OS/c1-15-5-3-7-18(13-15)24-30-25(33-31-24)22-16(2)32(21-11-9-20(28)10-12-21)26(34)29-23(22)17-6-4-8-19(27)14-17/h3-14,23H,1-2H3,(H,29,34). The fourth-order valence-electron chi connectivity index (χ4n) is 4.09. The summed E-state index contributed by atoms with van der Waals surface area (Å²) in [5, 5.41) is 8.69. The minimum Gasteiger partial charge on any atom is -0.351 e. The second-order valence-electron chi connectivity index (χ2n) is 8.04. The lowest BCUT2D eigenvalue weighted by molar-refractivity contribution is 0.404. The van der Waals surface area contributed by atoms with E-state index in [9.17, 15) is 4.39 Å². The lowest BCUT2D eigenvalue weighted by Crippen LogP contribution is -2.46. The molecule has 0 radical (unpaired) electrons. The average molecular weight is 491 g/mol. The second kappa shape index (κ2) is 9.00. The van der Waals surface area contributed by atoms with Crippen molar-refractivity contribution >= 4 is 40.2 Å². The molecular formula is C26H20ClFN4OS. The van der Waals surface area contributed by atoms with Crippen molar-refractivity contribution in [2.75, 3.05) is 4.90 Å². The van der Waals surface area contributed by atoms with Gasteiger partial charge in [-0.2, -0.15) is 4.98 Å². The van der Waals surface area contributed by atoms with Gasteiger partial charge in [-0.1, -0.05) is 52.7 Å². The summed E-state index contributed by atoms with van der Waals surface area (Å²) in [5.74, 6) is 0.532. The largest absolute Gasteiger partial charge is 0.351 e. The van der Waals surface area contributed by atoms with Gasteiger partial charge >= 0.3 is 0 Å². The number of aryl methyl sites for hydroxylation is 1. The van der Waals surface area contributed by atoms with Crippen LogP contribution in [0.2, 0.25) is 5.02 Å². The van der Waals surface area contributed by atoms with Crippen LogP contribution in [0.5, 0.6) is 0 Å². The van der Waals surface area contributed by atoms with Gasteiger partial charge in [-0.25, -0.2) is 4.39 Å². The number of anilines is 1. The summed E-state index contributed by atoms with van der Waals surface area (Å²) in [4.78, 5) is 6.56. The lowest BCUT2D eigenvalue weighted by atomic mass is 9.94. The molecule has 1 atom stereocenters. The smallest absolute Gasteiger partial charge is 0.258 e. The summed E-state index contributed by atoms with van der Waals surface area (Å²) in [6.45, 7) is 3.94. The average Bonchev–Trinajstić information content (AvgIpc) is 3.30. The van der Waals surface area contributed by atoms with Gasteiger partial charge in [0, 0.05) is 22.0 Å². The van der Waals surface area contributed by atoms with Crippen LogP contribution >= 0.6 is 23.8 Å². The van der Waals surface area contributed by atoms with E-state index >= 15 is 0 Å². The minimum absolute atomic E-state index is 0.321. The maximum Gasteiger partial charge on any atom is 0.258 e. The molecule has 1 unspecified atom stereocenters. The third-order valence-electron chi connectivity index (χ3n) is 5.68. The number of aromatic nitrogens is 2. The summed E-state index contributed by atoms with van der Waals surface area (Å²) in [5.41, 5.74) is 5.13. The first-order valence-corrected chi connectivity index (χ1v) is 11.4. The van der Waals surface area contributed by atoms with Gasteiger partial charge in [0.2, 0.25) is 5.82 Å². The Morgan fingerprint density at radius 3 is 2.53 bits per heavy atom. The molecular weight excluding hydrogens is 471 g/mol. The van der Waals surface area contributed by atoms with Crippen LogP contribution < -0.4 is 10.2 Å². The predicted octanol–water partition coefficient (Wildman–Crippen LogP) is 6.70. The molecule has 4 aromatic rings. The van der Waals surface area contributed by atoms with Gasteiger partial charge in [0.05, 0.1) is 11.6 Å². The van der Waals surface area contributed by atoms with Gasteiger partial charge in [-0.05, 0) is 74.1 Å². The topological polar surface area (TPSA) is 54.2 Å². The van der Waals surface area contributed by atoms with Gasteiger partial charge in [0.1, 0.15) is 5.82 Å². The zero-order valence-corrected chi connectivity index (χ0v) is 20.0. The van der Waals surface area contributed by atoms with E-state index in [0.29, 0.717) is 21.9 Å². The van der Waals surface area contributed by atoms with Gasteiger partial charge in [-0.3, -0.25) is 4.90 Å².